The second-order valence-electron chi connectivity index (χ2n) is 5.47. The number of hydrogen-bond acceptors (Lipinski definition) is 5. The molecule has 0 bridgehead atoms. The number of rotatable bonds is 7. The van der Waals surface area contributed by atoms with Gasteiger partial charge in [0.15, 0.2) is 11.9 Å². The van der Waals surface area contributed by atoms with Crippen LogP contribution in [0.1, 0.15) is 29.5 Å². The van der Waals surface area contributed by atoms with Crippen molar-refractivity contribution < 1.29 is 23.5 Å². The van der Waals surface area contributed by atoms with Gasteiger partial charge in [0.1, 0.15) is 0 Å². The molecule has 2 N–H and O–H groups in total. The van der Waals surface area contributed by atoms with Gasteiger partial charge in [-0.1, -0.05) is 12.1 Å². The molecule has 7 heteroatoms. The van der Waals surface area contributed by atoms with Gasteiger partial charge in [-0.15, -0.1) is 0 Å². The lowest BCUT2D eigenvalue weighted by Gasteiger charge is -2.14. The van der Waals surface area contributed by atoms with Crippen LogP contribution >= 0.6 is 0 Å². The zero-order valence-corrected chi connectivity index (χ0v) is 14.1. The SMILES string of the molecule is Cc1cccc(NC(=O)[C@H](C)OC(=O)CCNC(=O)c2ccco2)c1. The standard InChI is InChI=1S/C18H20N2O5/c1-12-5-3-6-14(11-12)20-17(22)13(2)25-16(21)8-9-19-18(23)15-7-4-10-24-15/h3-7,10-11,13H,8-9H2,1-2H3,(H,19,23)(H,20,22)/t13-/m0/s1. The Balaban J connectivity index is 1.72. The molecule has 0 aliphatic rings. The van der Waals surface area contributed by atoms with Crippen molar-refractivity contribution in [1.29, 1.82) is 0 Å². The number of esters is 1. The lowest BCUT2D eigenvalue weighted by Crippen LogP contribution is -2.32. The summed E-state index contributed by atoms with van der Waals surface area (Å²) in [5.41, 5.74) is 1.65. The molecule has 1 aromatic heterocycles. The maximum atomic E-state index is 12.0. The molecule has 0 fully saturated rings. The van der Waals surface area contributed by atoms with Crippen LogP contribution in [0.5, 0.6) is 0 Å². The number of carbonyl (C=O) groups is 3. The Kier molecular flexibility index (Phi) is 6.33. The number of nitrogens with one attached hydrogen (secondary N) is 2. The van der Waals surface area contributed by atoms with Crippen molar-refractivity contribution in [2.75, 3.05) is 11.9 Å². The van der Waals surface area contributed by atoms with Crippen molar-refractivity contribution in [2.45, 2.75) is 26.4 Å². The van der Waals surface area contributed by atoms with E-state index in [2.05, 4.69) is 10.6 Å². The molecule has 0 saturated carbocycles. The van der Waals surface area contributed by atoms with Crippen molar-refractivity contribution in [2.24, 2.45) is 0 Å². The molecule has 0 saturated heterocycles. The van der Waals surface area contributed by atoms with E-state index in [0.29, 0.717) is 5.69 Å². The first-order valence-electron chi connectivity index (χ1n) is 7.84. The second kappa shape index (κ2) is 8.68. The quantitative estimate of drug-likeness (QED) is 0.751. The van der Waals surface area contributed by atoms with E-state index in [1.54, 1.807) is 12.1 Å². The van der Waals surface area contributed by atoms with E-state index in [1.807, 2.05) is 25.1 Å². The fourth-order valence-electron chi connectivity index (χ4n) is 2.05. The van der Waals surface area contributed by atoms with E-state index in [9.17, 15) is 14.4 Å². The molecule has 1 aromatic carbocycles. The van der Waals surface area contributed by atoms with Crippen LogP contribution in [0.25, 0.3) is 0 Å². The van der Waals surface area contributed by atoms with Gasteiger partial charge in [-0.3, -0.25) is 14.4 Å². The Labute approximate surface area is 145 Å². The highest BCUT2D eigenvalue weighted by molar-refractivity contribution is 5.95. The maximum absolute atomic E-state index is 12.0. The summed E-state index contributed by atoms with van der Waals surface area (Å²) in [5, 5.41) is 5.21. The minimum Gasteiger partial charge on any atom is -0.459 e. The molecular weight excluding hydrogens is 324 g/mol. The number of hydrogen-bond donors (Lipinski definition) is 2. The first-order valence-corrected chi connectivity index (χ1v) is 7.84. The van der Waals surface area contributed by atoms with Crippen LogP contribution in [0.2, 0.25) is 0 Å². The molecule has 0 aliphatic carbocycles. The number of amides is 2. The Morgan fingerprint density at radius 2 is 2.00 bits per heavy atom. The van der Waals surface area contributed by atoms with Gasteiger partial charge in [0.05, 0.1) is 12.7 Å². The largest absolute Gasteiger partial charge is 0.459 e. The molecule has 132 valence electrons. The van der Waals surface area contributed by atoms with Crippen LogP contribution in [0.3, 0.4) is 0 Å². The first kappa shape index (κ1) is 18.3. The van der Waals surface area contributed by atoms with Gasteiger partial charge in [0, 0.05) is 12.2 Å². The van der Waals surface area contributed by atoms with Crippen molar-refractivity contribution in [3.05, 3.63) is 54.0 Å². The van der Waals surface area contributed by atoms with Gasteiger partial charge < -0.3 is 19.8 Å². The number of carbonyl (C=O) groups excluding carboxylic acids is 3. The predicted molar refractivity (Wildman–Crippen MR) is 91.0 cm³/mol. The van der Waals surface area contributed by atoms with E-state index >= 15 is 0 Å². The third kappa shape index (κ3) is 5.80. The highest BCUT2D eigenvalue weighted by Gasteiger charge is 2.18. The van der Waals surface area contributed by atoms with Gasteiger partial charge in [0.25, 0.3) is 11.8 Å². The molecule has 0 spiro atoms. The highest BCUT2D eigenvalue weighted by atomic mass is 16.5. The first-order chi connectivity index (χ1) is 12.0. The molecular formula is C18H20N2O5. The third-order valence-electron chi connectivity index (χ3n) is 3.32. The van der Waals surface area contributed by atoms with Gasteiger partial charge in [0.2, 0.25) is 0 Å². The molecule has 1 atom stereocenters. The summed E-state index contributed by atoms with van der Waals surface area (Å²) in [6.07, 6.45) is 0.403. The van der Waals surface area contributed by atoms with E-state index < -0.39 is 23.9 Å². The highest BCUT2D eigenvalue weighted by Crippen LogP contribution is 2.10. The second-order valence-corrected chi connectivity index (χ2v) is 5.47. The van der Waals surface area contributed by atoms with Crippen molar-refractivity contribution in [3.8, 4) is 0 Å². The molecule has 0 unspecified atom stereocenters. The monoisotopic (exact) mass is 344 g/mol. The smallest absolute Gasteiger partial charge is 0.308 e. The summed E-state index contributed by atoms with van der Waals surface area (Å²) >= 11 is 0. The zero-order chi connectivity index (χ0) is 18.2. The third-order valence-corrected chi connectivity index (χ3v) is 3.32. The molecule has 25 heavy (non-hydrogen) atoms. The van der Waals surface area contributed by atoms with E-state index in [1.165, 1.54) is 19.3 Å². The van der Waals surface area contributed by atoms with Gasteiger partial charge >= 0.3 is 5.97 Å². The summed E-state index contributed by atoms with van der Waals surface area (Å²) < 4.78 is 9.99. The van der Waals surface area contributed by atoms with Crippen LogP contribution in [-0.2, 0) is 14.3 Å². The Morgan fingerprint density at radius 1 is 1.20 bits per heavy atom. The Bertz CT molecular complexity index is 740. The summed E-state index contributed by atoms with van der Waals surface area (Å²) in [4.78, 5) is 35.4. The topological polar surface area (TPSA) is 97.6 Å². The van der Waals surface area contributed by atoms with Crippen molar-refractivity contribution in [3.63, 3.8) is 0 Å². The van der Waals surface area contributed by atoms with Crippen LogP contribution < -0.4 is 10.6 Å². The Hall–Kier alpha value is -3.09. The van der Waals surface area contributed by atoms with Gasteiger partial charge in [-0.25, -0.2) is 0 Å². The normalized spacial score (nSPS) is 11.4. The summed E-state index contributed by atoms with van der Waals surface area (Å²) in [5.74, 6) is -1.24. The maximum Gasteiger partial charge on any atom is 0.308 e. The average molecular weight is 344 g/mol. The minimum atomic E-state index is -0.936. The van der Waals surface area contributed by atoms with Crippen LogP contribution in [0, 0.1) is 6.92 Å². The lowest BCUT2D eigenvalue weighted by atomic mass is 10.2. The average Bonchev–Trinajstić information content (AvgIpc) is 3.09. The Morgan fingerprint density at radius 3 is 2.68 bits per heavy atom. The van der Waals surface area contributed by atoms with Gasteiger partial charge in [-0.05, 0) is 43.7 Å². The molecule has 2 rings (SSSR count). The number of aryl methyl sites for hydroxylation is 1. The molecule has 0 radical (unpaired) electrons. The lowest BCUT2D eigenvalue weighted by molar-refractivity contribution is -0.153. The van der Waals surface area contributed by atoms with E-state index in [4.69, 9.17) is 9.15 Å². The fraction of sp³-hybridized carbons (Fsp3) is 0.278. The van der Waals surface area contributed by atoms with Crippen LogP contribution in [0.15, 0.2) is 47.1 Å². The zero-order valence-electron chi connectivity index (χ0n) is 14.1. The van der Waals surface area contributed by atoms with Crippen LogP contribution in [0.4, 0.5) is 5.69 Å². The summed E-state index contributed by atoms with van der Waals surface area (Å²) in [6, 6.07) is 10.4. The van der Waals surface area contributed by atoms with Crippen molar-refractivity contribution >= 4 is 23.5 Å². The fourth-order valence-corrected chi connectivity index (χ4v) is 2.05. The molecule has 2 aromatic rings. The number of furan rings is 1. The molecule has 1 heterocycles. The van der Waals surface area contributed by atoms with E-state index in [0.717, 1.165) is 5.56 Å². The van der Waals surface area contributed by atoms with E-state index in [-0.39, 0.29) is 18.7 Å². The molecule has 7 nitrogen and oxygen atoms in total. The van der Waals surface area contributed by atoms with Crippen molar-refractivity contribution in [1.82, 2.24) is 5.32 Å². The van der Waals surface area contributed by atoms with Gasteiger partial charge in [-0.2, -0.15) is 0 Å². The summed E-state index contributed by atoms with van der Waals surface area (Å²) in [7, 11) is 0. The predicted octanol–water partition coefficient (Wildman–Crippen LogP) is 2.28. The van der Waals surface area contributed by atoms with Crippen LogP contribution in [-0.4, -0.2) is 30.4 Å². The summed E-state index contributed by atoms with van der Waals surface area (Å²) in [6.45, 7) is 3.49. The molecule has 2 amide bonds. The molecule has 0 aliphatic heterocycles. The number of ether oxygens (including phenoxy) is 1. The number of anilines is 1. The number of benzene rings is 1. The minimum absolute atomic E-state index is 0.0471.